The van der Waals surface area contributed by atoms with Gasteiger partial charge in [-0.15, -0.1) is 0 Å². The van der Waals surface area contributed by atoms with E-state index in [1.165, 1.54) is 17.1 Å². The monoisotopic (exact) mass is 281 g/mol. The number of aromatic nitrogens is 2. The minimum Gasteiger partial charge on any atom is -0.478 e. The highest BCUT2D eigenvalue weighted by molar-refractivity contribution is 6.06. The summed E-state index contributed by atoms with van der Waals surface area (Å²) in [5.74, 6) is -4.72. The number of nitrogens with one attached hydrogen (secondary N) is 1. The predicted octanol–water partition coefficient (Wildman–Crippen LogP) is 1.65. The molecule has 1 aromatic carbocycles. The van der Waals surface area contributed by atoms with E-state index in [9.17, 15) is 18.4 Å². The summed E-state index contributed by atoms with van der Waals surface area (Å²) in [6.07, 6.45) is 2.63. The number of nitrogens with zero attached hydrogens (tertiary/aromatic N) is 2. The van der Waals surface area contributed by atoms with Crippen molar-refractivity contribution in [3.8, 4) is 0 Å². The molecule has 1 aromatic heterocycles. The second kappa shape index (κ2) is 5.08. The van der Waals surface area contributed by atoms with Gasteiger partial charge in [0.15, 0.2) is 11.6 Å². The number of imidazole rings is 1. The number of benzene rings is 1. The first-order chi connectivity index (χ1) is 9.40. The van der Waals surface area contributed by atoms with Crippen molar-refractivity contribution in [3.63, 3.8) is 0 Å². The van der Waals surface area contributed by atoms with Gasteiger partial charge in [-0.25, -0.2) is 18.6 Å². The van der Waals surface area contributed by atoms with Crippen LogP contribution >= 0.6 is 0 Å². The average molecular weight is 281 g/mol. The van der Waals surface area contributed by atoms with Crippen molar-refractivity contribution in [3.05, 3.63) is 47.5 Å². The first-order valence-corrected chi connectivity index (χ1v) is 5.40. The van der Waals surface area contributed by atoms with Gasteiger partial charge in [0.2, 0.25) is 0 Å². The van der Waals surface area contributed by atoms with E-state index in [4.69, 9.17) is 5.11 Å². The van der Waals surface area contributed by atoms with Gasteiger partial charge in [-0.2, -0.15) is 0 Å². The molecule has 0 aliphatic carbocycles. The lowest BCUT2D eigenvalue weighted by Gasteiger charge is -2.09. The normalized spacial score (nSPS) is 10.3. The van der Waals surface area contributed by atoms with Gasteiger partial charge in [0, 0.05) is 13.1 Å². The number of aromatic carboxylic acids is 1. The zero-order valence-electron chi connectivity index (χ0n) is 10.2. The maximum Gasteiger partial charge on any atom is 0.337 e. The Hall–Kier alpha value is -2.77. The SMILES string of the molecule is Cn1cncc1C(=O)Nc1cc(F)c(F)cc1C(=O)O. The Bertz CT molecular complexity index is 697. The molecule has 0 saturated carbocycles. The van der Waals surface area contributed by atoms with Gasteiger partial charge in [-0.05, 0) is 6.07 Å². The fourth-order valence-corrected chi connectivity index (χ4v) is 1.59. The molecule has 0 atom stereocenters. The van der Waals surface area contributed by atoms with Gasteiger partial charge in [0.05, 0.1) is 23.8 Å². The predicted molar refractivity (Wildman–Crippen MR) is 64.5 cm³/mol. The molecule has 0 aliphatic heterocycles. The molecule has 1 amide bonds. The molecule has 0 bridgehead atoms. The number of hydrogen-bond acceptors (Lipinski definition) is 3. The number of carboxylic acids is 1. The first-order valence-electron chi connectivity index (χ1n) is 5.40. The molecule has 6 nitrogen and oxygen atoms in total. The van der Waals surface area contributed by atoms with E-state index in [1.54, 1.807) is 7.05 Å². The molecule has 0 fully saturated rings. The largest absolute Gasteiger partial charge is 0.478 e. The lowest BCUT2D eigenvalue weighted by molar-refractivity contribution is 0.0697. The minimum atomic E-state index is -1.48. The average Bonchev–Trinajstić information content (AvgIpc) is 2.79. The Morgan fingerprint density at radius 2 is 1.95 bits per heavy atom. The van der Waals surface area contributed by atoms with Crippen LogP contribution in [-0.4, -0.2) is 26.5 Å². The standard InChI is InChI=1S/C12H9F2N3O3/c1-17-5-15-4-10(17)11(18)16-9-3-8(14)7(13)2-6(9)12(19)20/h2-5H,1H3,(H,16,18)(H,19,20). The van der Waals surface area contributed by atoms with E-state index in [0.29, 0.717) is 12.1 Å². The van der Waals surface area contributed by atoms with Gasteiger partial charge in [-0.3, -0.25) is 4.79 Å². The number of carbonyl (C=O) groups is 2. The van der Waals surface area contributed by atoms with E-state index in [-0.39, 0.29) is 11.4 Å². The highest BCUT2D eigenvalue weighted by atomic mass is 19.2. The fraction of sp³-hybridized carbons (Fsp3) is 0.0833. The maximum atomic E-state index is 13.2. The second-order valence-corrected chi connectivity index (χ2v) is 3.96. The Balaban J connectivity index is 2.38. The van der Waals surface area contributed by atoms with Crippen LogP contribution in [0.4, 0.5) is 14.5 Å². The van der Waals surface area contributed by atoms with Crippen LogP contribution in [0.25, 0.3) is 0 Å². The van der Waals surface area contributed by atoms with E-state index < -0.39 is 29.1 Å². The number of anilines is 1. The van der Waals surface area contributed by atoms with Gasteiger partial charge in [0.1, 0.15) is 5.69 Å². The smallest absolute Gasteiger partial charge is 0.337 e. The molecule has 2 aromatic rings. The summed E-state index contributed by atoms with van der Waals surface area (Å²) in [5, 5.41) is 11.1. The van der Waals surface area contributed by atoms with E-state index in [2.05, 4.69) is 10.3 Å². The molecular weight excluding hydrogens is 272 g/mol. The highest BCUT2D eigenvalue weighted by Crippen LogP contribution is 2.21. The minimum absolute atomic E-state index is 0.145. The molecule has 104 valence electrons. The molecule has 20 heavy (non-hydrogen) atoms. The number of rotatable bonds is 3. The third kappa shape index (κ3) is 2.48. The van der Waals surface area contributed by atoms with Crippen LogP contribution in [0.1, 0.15) is 20.8 Å². The first kappa shape index (κ1) is 13.7. The molecule has 2 rings (SSSR count). The highest BCUT2D eigenvalue weighted by Gasteiger charge is 2.18. The Morgan fingerprint density at radius 1 is 1.30 bits per heavy atom. The summed E-state index contributed by atoms with van der Waals surface area (Å²) in [4.78, 5) is 26.6. The zero-order chi connectivity index (χ0) is 14.9. The molecule has 0 aliphatic rings. The van der Waals surface area contributed by atoms with Crippen molar-refractivity contribution < 1.29 is 23.5 Å². The number of amides is 1. The molecule has 0 saturated heterocycles. The number of carbonyl (C=O) groups excluding carboxylic acids is 1. The third-order valence-corrected chi connectivity index (χ3v) is 2.59. The summed E-state index contributed by atoms with van der Waals surface area (Å²) in [6.45, 7) is 0. The van der Waals surface area contributed by atoms with Crippen LogP contribution in [0, 0.1) is 11.6 Å². The summed E-state index contributed by atoms with van der Waals surface area (Å²) in [7, 11) is 1.56. The van der Waals surface area contributed by atoms with Gasteiger partial charge in [0.25, 0.3) is 5.91 Å². The summed E-state index contributed by atoms with van der Waals surface area (Å²) in [6, 6.07) is 1.13. The number of halogens is 2. The van der Waals surface area contributed by atoms with Crippen LogP contribution in [0.2, 0.25) is 0 Å². The van der Waals surface area contributed by atoms with Gasteiger partial charge in [-0.1, -0.05) is 0 Å². The Morgan fingerprint density at radius 3 is 2.50 bits per heavy atom. The quantitative estimate of drug-likeness (QED) is 0.896. The number of carboxylic acid groups (broad SMARTS) is 1. The van der Waals surface area contributed by atoms with Crippen LogP contribution < -0.4 is 5.32 Å². The van der Waals surface area contributed by atoms with Crippen molar-refractivity contribution in [2.75, 3.05) is 5.32 Å². The molecule has 0 unspecified atom stereocenters. The summed E-state index contributed by atoms with van der Waals surface area (Å²) < 4.78 is 27.6. The molecule has 2 N–H and O–H groups in total. The molecule has 1 heterocycles. The molecule has 0 spiro atoms. The van der Waals surface area contributed by atoms with Crippen molar-refractivity contribution in [1.82, 2.24) is 9.55 Å². The number of aryl methyl sites for hydroxylation is 1. The molecule has 8 heteroatoms. The van der Waals surface area contributed by atoms with E-state index >= 15 is 0 Å². The third-order valence-electron chi connectivity index (χ3n) is 2.59. The molecule has 0 radical (unpaired) electrons. The van der Waals surface area contributed by atoms with Gasteiger partial charge < -0.3 is 15.0 Å². The summed E-state index contributed by atoms with van der Waals surface area (Å²) in [5.41, 5.74) is -0.729. The fourth-order valence-electron chi connectivity index (χ4n) is 1.59. The van der Waals surface area contributed by atoms with Crippen LogP contribution in [-0.2, 0) is 7.05 Å². The van der Waals surface area contributed by atoms with Crippen molar-refractivity contribution in [2.45, 2.75) is 0 Å². The van der Waals surface area contributed by atoms with E-state index in [0.717, 1.165) is 0 Å². The van der Waals surface area contributed by atoms with Crippen molar-refractivity contribution in [2.24, 2.45) is 7.05 Å². The summed E-state index contributed by atoms with van der Waals surface area (Å²) >= 11 is 0. The second-order valence-electron chi connectivity index (χ2n) is 3.96. The topological polar surface area (TPSA) is 84.2 Å². The lowest BCUT2D eigenvalue weighted by Crippen LogP contribution is -2.18. The van der Waals surface area contributed by atoms with Crippen molar-refractivity contribution in [1.29, 1.82) is 0 Å². The maximum absolute atomic E-state index is 13.2. The van der Waals surface area contributed by atoms with Crippen LogP contribution in [0.5, 0.6) is 0 Å². The van der Waals surface area contributed by atoms with Crippen LogP contribution in [0.3, 0.4) is 0 Å². The van der Waals surface area contributed by atoms with Crippen molar-refractivity contribution >= 4 is 17.6 Å². The van der Waals surface area contributed by atoms with Gasteiger partial charge >= 0.3 is 5.97 Å². The zero-order valence-corrected chi connectivity index (χ0v) is 10.2. The molecular formula is C12H9F2N3O3. The van der Waals surface area contributed by atoms with Crippen LogP contribution in [0.15, 0.2) is 24.7 Å². The lowest BCUT2D eigenvalue weighted by atomic mass is 10.1. The number of hydrogen-bond donors (Lipinski definition) is 2. The Labute approximate surface area is 111 Å². The van der Waals surface area contributed by atoms with E-state index in [1.807, 2.05) is 0 Å². The Kier molecular flexibility index (Phi) is 3.47.